The predicted molar refractivity (Wildman–Crippen MR) is 93.6 cm³/mol. The standard InChI is InChI=1S/C15H11BrClF3N2O2S/c16-11-5-8-3-4-21-13(8)7-14(11)25(23,24)22-9-1-2-12(17)10(6-9)15(18,19)20/h1-2,5-7,21-22H,3-4H2. The van der Waals surface area contributed by atoms with Gasteiger partial charge in [-0.2, -0.15) is 13.2 Å². The van der Waals surface area contributed by atoms with Crippen LogP contribution in [0.25, 0.3) is 0 Å². The number of anilines is 2. The lowest BCUT2D eigenvalue weighted by molar-refractivity contribution is -0.137. The fraction of sp³-hybridized carbons (Fsp3) is 0.200. The first-order valence-corrected chi connectivity index (χ1v) is 9.69. The molecular weight excluding hydrogens is 445 g/mol. The summed E-state index contributed by atoms with van der Waals surface area (Å²) in [6.45, 7) is 0.699. The smallest absolute Gasteiger partial charge is 0.384 e. The van der Waals surface area contributed by atoms with Gasteiger partial charge in [-0.1, -0.05) is 11.6 Å². The molecule has 1 aliphatic heterocycles. The second-order valence-electron chi connectivity index (χ2n) is 5.41. The molecule has 2 aromatic rings. The van der Waals surface area contributed by atoms with Crippen molar-refractivity contribution >= 4 is 48.9 Å². The molecule has 2 N–H and O–H groups in total. The Morgan fingerprint density at radius 3 is 2.60 bits per heavy atom. The fourth-order valence-corrected chi connectivity index (χ4v) is 4.91. The number of nitrogens with one attached hydrogen (secondary N) is 2. The molecule has 134 valence electrons. The highest BCUT2D eigenvalue weighted by molar-refractivity contribution is 9.10. The van der Waals surface area contributed by atoms with Crippen molar-refractivity contribution in [3.8, 4) is 0 Å². The molecule has 0 amide bonds. The van der Waals surface area contributed by atoms with Crippen molar-refractivity contribution in [1.82, 2.24) is 0 Å². The maximum absolute atomic E-state index is 12.9. The summed E-state index contributed by atoms with van der Waals surface area (Å²) in [4.78, 5) is -0.0656. The van der Waals surface area contributed by atoms with Crippen LogP contribution in [0.2, 0.25) is 5.02 Å². The highest BCUT2D eigenvalue weighted by Gasteiger charge is 2.34. The molecule has 0 spiro atoms. The lowest BCUT2D eigenvalue weighted by atomic mass is 10.2. The average molecular weight is 456 g/mol. The molecule has 0 aromatic heterocycles. The van der Waals surface area contributed by atoms with Crippen LogP contribution < -0.4 is 10.0 Å². The van der Waals surface area contributed by atoms with Crippen LogP contribution in [0.3, 0.4) is 0 Å². The van der Waals surface area contributed by atoms with Gasteiger partial charge in [-0.3, -0.25) is 4.72 Å². The minimum Gasteiger partial charge on any atom is -0.384 e. The number of halogens is 5. The zero-order valence-corrected chi connectivity index (χ0v) is 15.6. The summed E-state index contributed by atoms with van der Waals surface area (Å²) in [5.41, 5.74) is 0.327. The van der Waals surface area contributed by atoms with Crippen molar-refractivity contribution in [2.75, 3.05) is 16.6 Å². The third-order valence-electron chi connectivity index (χ3n) is 3.68. The summed E-state index contributed by atoms with van der Waals surface area (Å²) in [7, 11) is -4.09. The molecule has 2 aromatic carbocycles. The average Bonchev–Trinajstić information content (AvgIpc) is 2.94. The van der Waals surface area contributed by atoms with Crippen LogP contribution in [0.4, 0.5) is 24.5 Å². The largest absolute Gasteiger partial charge is 0.417 e. The first kappa shape index (κ1) is 18.3. The van der Waals surface area contributed by atoms with Crippen LogP contribution in [0.5, 0.6) is 0 Å². The molecule has 1 heterocycles. The SMILES string of the molecule is O=S(=O)(Nc1ccc(Cl)c(C(F)(F)F)c1)c1cc2c(cc1Br)CCN2. The number of rotatable bonds is 3. The Morgan fingerprint density at radius 1 is 1.20 bits per heavy atom. The lowest BCUT2D eigenvalue weighted by Crippen LogP contribution is -2.15. The van der Waals surface area contributed by atoms with E-state index in [4.69, 9.17) is 11.6 Å². The van der Waals surface area contributed by atoms with Crippen LogP contribution >= 0.6 is 27.5 Å². The Kier molecular flexibility index (Phi) is 4.67. The van der Waals surface area contributed by atoms with E-state index in [1.165, 1.54) is 12.1 Å². The summed E-state index contributed by atoms with van der Waals surface area (Å²) in [5.74, 6) is 0. The van der Waals surface area contributed by atoms with E-state index in [1.54, 1.807) is 6.07 Å². The highest BCUT2D eigenvalue weighted by Crippen LogP contribution is 2.37. The van der Waals surface area contributed by atoms with Crippen molar-refractivity contribution in [1.29, 1.82) is 0 Å². The summed E-state index contributed by atoms with van der Waals surface area (Å²) >= 11 is 8.75. The minimum atomic E-state index is -4.68. The van der Waals surface area contributed by atoms with E-state index in [9.17, 15) is 21.6 Å². The second kappa shape index (κ2) is 6.37. The van der Waals surface area contributed by atoms with Crippen molar-refractivity contribution in [3.63, 3.8) is 0 Å². The Hall–Kier alpha value is -1.45. The van der Waals surface area contributed by atoms with Gasteiger partial charge in [-0.05, 0) is 58.2 Å². The van der Waals surface area contributed by atoms with E-state index in [-0.39, 0.29) is 10.6 Å². The molecule has 0 saturated heterocycles. The molecule has 4 nitrogen and oxygen atoms in total. The second-order valence-corrected chi connectivity index (χ2v) is 8.33. The van der Waals surface area contributed by atoms with Crippen LogP contribution in [0.1, 0.15) is 11.1 Å². The molecular formula is C15H11BrClF3N2O2S. The van der Waals surface area contributed by atoms with E-state index in [0.29, 0.717) is 22.8 Å². The Balaban J connectivity index is 1.98. The number of hydrogen-bond acceptors (Lipinski definition) is 3. The van der Waals surface area contributed by atoms with Crippen LogP contribution in [0.15, 0.2) is 39.7 Å². The van der Waals surface area contributed by atoms with Crippen molar-refractivity contribution in [2.45, 2.75) is 17.5 Å². The van der Waals surface area contributed by atoms with E-state index >= 15 is 0 Å². The number of fused-ring (bicyclic) bond motifs is 1. The summed E-state index contributed by atoms with van der Waals surface area (Å²) in [5, 5.41) is 2.56. The van der Waals surface area contributed by atoms with E-state index in [0.717, 1.165) is 18.1 Å². The quantitative estimate of drug-likeness (QED) is 0.693. The van der Waals surface area contributed by atoms with Gasteiger partial charge in [0.15, 0.2) is 0 Å². The topological polar surface area (TPSA) is 58.2 Å². The highest BCUT2D eigenvalue weighted by atomic mass is 79.9. The molecule has 1 aliphatic rings. The van der Waals surface area contributed by atoms with Gasteiger partial charge in [0.2, 0.25) is 0 Å². The fourth-order valence-electron chi connectivity index (χ4n) is 2.52. The monoisotopic (exact) mass is 454 g/mol. The molecule has 10 heteroatoms. The third kappa shape index (κ3) is 3.73. The van der Waals surface area contributed by atoms with Crippen molar-refractivity contribution < 1.29 is 21.6 Å². The van der Waals surface area contributed by atoms with Crippen LogP contribution in [-0.2, 0) is 22.6 Å². The molecule has 0 bridgehead atoms. The van der Waals surface area contributed by atoms with E-state index < -0.39 is 26.8 Å². The van der Waals surface area contributed by atoms with Gasteiger partial charge in [-0.25, -0.2) is 8.42 Å². The molecule has 0 aliphatic carbocycles. The zero-order valence-electron chi connectivity index (χ0n) is 12.4. The van der Waals surface area contributed by atoms with Gasteiger partial charge >= 0.3 is 6.18 Å². The van der Waals surface area contributed by atoms with Crippen molar-refractivity contribution in [3.05, 3.63) is 51.0 Å². The van der Waals surface area contributed by atoms with E-state index in [1.807, 2.05) is 0 Å². The first-order valence-electron chi connectivity index (χ1n) is 7.04. The predicted octanol–water partition coefficient (Wildman–Crippen LogP) is 4.89. The van der Waals surface area contributed by atoms with Crippen molar-refractivity contribution in [2.24, 2.45) is 0 Å². The molecule has 0 saturated carbocycles. The Labute approximate surface area is 155 Å². The maximum Gasteiger partial charge on any atom is 0.417 e. The lowest BCUT2D eigenvalue weighted by Gasteiger charge is -2.14. The normalized spacial score (nSPS) is 14.1. The molecule has 0 radical (unpaired) electrons. The van der Waals surface area contributed by atoms with Gasteiger partial charge in [-0.15, -0.1) is 0 Å². The molecule has 25 heavy (non-hydrogen) atoms. The number of alkyl halides is 3. The third-order valence-corrected chi connectivity index (χ3v) is 6.35. The molecule has 0 atom stereocenters. The maximum atomic E-state index is 12.9. The Morgan fingerprint density at radius 2 is 1.92 bits per heavy atom. The van der Waals surface area contributed by atoms with Gasteiger partial charge in [0.1, 0.15) is 4.90 Å². The van der Waals surface area contributed by atoms with Gasteiger partial charge < -0.3 is 5.32 Å². The summed E-state index contributed by atoms with van der Waals surface area (Å²) in [6, 6.07) is 5.98. The molecule has 0 unspecified atom stereocenters. The van der Waals surface area contributed by atoms with E-state index in [2.05, 4.69) is 26.0 Å². The zero-order chi connectivity index (χ0) is 18.4. The van der Waals surface area contributed by atoms with Gasteiger partial charge in [0, 0.05) is 22.4 Å². The van der Waals surface area contributed by atoms with Gasteiger partial charge in [0.05, 0.1) is 10.6 Å². The van der Waals surface area contributed by atoms with Gasteiger partial charge in [0.25, 0.3) is 10.0 Å². The Bertz CT molecular complexity index is 949. The summed E-state index contributed by atoms with van der Waals surface area (Å²) < 4.78 is 66.4. The molecule has 3 rings (SSSR count). The summed E-state index contributed by atoms with van der Waals surface area (Å²) in [6.07, 6.45) is -3.91. The van der Waals surface area contributed by atoms with Crippen LogP contribution in [-0.4, -0.2) is 15.0 Å². The first-order chi connectivity index (χ1) is 11.6. The minimum absolute atomic E-state index is 0.0656. The number of sulfonamides is 1. The number of hydrogen-bond donors (Lipinski definition) is 2. The number of benzene rings is 2. The molecule has 0 fully saturated rings. The van der Waals surface area contributed by atoms with Crippen LogP contribution in [0, 0.1) is 0 Å².